The van der Waals surface area contributed by atoms with Crippen molar-refractivity contribution in [1.29, 1.82) is 0 Å². The highest BCUT2D eigenvalue weighted by atomic mass is 32.1. The molecule has 0 bridgehead atoms. The lowest BCUT2D eigenvalue weighted by Gasteiger charge is -2.35. The highest BCUT2D eigenvalue weighted by molar-refractivity contribution is 7.11. The Bertz CT molecular complexity index is 421. The van der Waals surface area contributed by atoms with E-state index in [4.69, 9.17) is 4.74 Å². The summed E-state index contributed by atoms with van der Waals surface area (Å²) in [6.07, 6.45) is -1.10. The number of hydrogen-bond acceptors (Lipinski definition) is 4. The van der Waals surface area contributed by atoms with Crippen LogP contribution in [-0.2, 0) is 16.5 Å². The molecular formula is C11H14F3NO2S. The first-order chi connectivity index (χ1) is 8.35. The molecule has 2 unspecified atom stereocenters. The number of aromatic nitrogens is 1. The van der Waals surface area contributed by atoms with Gasteiger partial charge in [-0.25, -0.2) is 4.98 Å². The van der Waals surface area contributed by atoms with Crippen LogP contribution in [0.15, 0.2) is 6.20 Å². The third-order valence-electron chi connectivity index (χ3n) is 3.22. The van der Waals surface area contributed by atoms with Crippen LogP contribution in [0.25, 0.3) is 0 Å². The van der Waals surface area contributed by atoms with Gasteiger partial charge in [0.25, 0.3) is 0 Å². The quantitative estimate of drug-likeness (QED) is 0.906. The first-order valence-electron chi connectivity index (χ1n) is 5.64. The number of aliphatic hydroxyl groups is 1. The van der Waals surface area contributed by atoms with Crippen molar-refractivity contribution in [2.45, 2.75) is 43.6 Å². The SMILES string of the molecule is COC1CCCC(O)(c2cnc(C(F)(F)F)s2)C1. The topological polar surface area (TPSA) is 42.4 Å². The first kappa shape index (κ1) is 13.8. The van der Waals surface area contributed by atoms with E-state index in [-0.39, 0.29) is 11.0 Å². The van der Waals surface area contributed by atoms with Gasteiger partial charge in [0, 0.05) is 19.7 Å². The second kappa shape index (κ2) is 4.79. The molecule has 0 aromatic carbocycles. The molecule has 102 valence electrons. The van der Waals surface area contributed by atoms with E-state index in [1.807, 2.05) is 0 Å². The van der Waals surface area contributed by atoms with Crippen molar-refractivity contribution in [2.24, 2.45) is 0 Å². The van der Waals surface area contributed by atoms with Gasteiger partial charge in [-0.2, -0.15) is 13.2 Å². The number of alkyl halides is 3. The predicted molar refractivity (Wildman–Crippen MR) is 60.3 cm³/mol. The zero-order chi connectivity index (χ0) is 13.4. The Hall–Kier alpha value is -0.660. The molecule has 1 heterocycles. The van der Waals surface area contributed by atoms with E-state index in [9.17, 15) is 18.3 Å². The summed E-state index contributed by atoms with van der Waals surface area (Å²) in [6, 6.07) is 0. The molecule has 1 aromatic rings. The number of halogens is 3. The molecule has 0 radical (unpaired) electrons. The second-order valence-electron chi connectivity index (χ2n) is 4.51. The maximum atomic E-state index is 12.5. The van der Waals surface area contributed by atoms with E-state index >= 15 is 0 Å². The average Bonchev–Trinajstić information content (AvgIpc) is 2.78. The molecule has 0 spiro atoms. The van der Waals surface area contributed by atoms with Gasteiger partial charge in [0.1, 0.15) is 5.60 Å². The number of rotatable bonds is 2. The summed E-state index contributed by atoms with van der Waals surface area (Å²) < 4.78 is 42.6. The molecule has 1 aliphatic carbocycles. The molecule has 2 rings (SSSR count). The summed E-state index contributed by atoms with van der Waals surface area (Å²) in [5.74, 6) is 0. The highest BCUT2D eigenvalue weighted by Gasteiger charge is 2.41. The van der Waals surface area contributed by atoms with E-state index in [1.165, 1.54) is 0 Å². The van der Waals surface area contributed by atoms with Gasteiger partial charge in [-0.3, -0.25) is 0 Å². The fourth-order valence-corrected chi connectivity index (χ4v) is 3.16. The van der Waals surface area contributed by atoms with Crippen molar-refractivity contribution in [3.8, 4) is 0 Å². The summed E-state index contributed by atoms with van der Waals surface area (Å²) in [6.45, 7) is 0. The van der Waals surface area contributed by atoms with Crippen molar-refractivity contribution in [2.75, 3.05) is 7.11 Å². The average molecular weight is 281 g/mol. The van der Waals surface area contributed by atoms with Gasteiger partial charge in [0.2, 0.25) is 0 Å². The number of hydrogen-bond donors (Lipinski definition) is 1. The highest BCUT2D eigenvalue weighted by Crippen LogP contribution is 2.42. The lowest BCUT2D eigenvalue weighted by atomic mass is 9.82. The van der Waals surface area contributed by atoms with E-state index < -0.39 is 16.8 Å². The van der Waals surface area contributed by atoms with Crippen molar-refractivity contribution < 1.29 is 23.0 Å². The third kappa shape index (κ3) is 2.67. The smallest absolute Gasteiger partial charge is 0.384 e. The molecule has 1 saturated carbocycles. The zero-order valence-corrected chi connectivity index (χ0v) is 10.6. The summed E-state index contributed by atoms with van der Waals surface area (Å²) >= 11 is 0.516. The third-order valence-corrected chi connectivity index (χ3v) is 4.46. The van der Waals surface area contributed by atoms with Gasteiger partial charge < -0.3 is 9.84 Å². The fraction of sp³-hybridized carbons (Fsp3) is 0.727. The van der Waals surface area contributed by atoms with Crippen LogP contribution in [-0.4, -0.2) is 23.3 Å². The van der Waals surface area contributed by atoms with Crippen LogP contribution in [0.2, 0.25) is 0 Å². The monoisotopic (exact) mass is 281 g/mol. The van der Waals surface area contributed by atoms with Crippen LogP contribution >= 0.6 is 11.3 Å². The van der Waals surface area contributed by atoms with Crippen LogP contribution in [0.5, 0.6) is 0 Å². The molecule has 7 heteroatoms. The Morgan fingerprint density at radius 3 is 2.83 bits per heavy atom. The van der Waals surface area contributed by atoms with Crippen LogP contribution in [0.3, 0.4) is 0 Å². The van der Waals surface area contributed by atoms with E-state index in [0.29, 0.717) is 24.2 Å². The number of thiazole rings is 1. The van der Waals surface area contributed by atoms with E-state index in [0.717, 1.165) is 19.0 Å². The van der Waals surface area contributed by atoms with Gasteiger partial charge in [0.05, 0.1) is 11.0 Å². The summed E-state index contributed by atoms with van der Waals surface area (Å²) in [4.78, 5) is 3.63. The van der Waals surface area contributed by atoms with Crippen LogP contribution in [0.4, 0.5) is 13.2 Å². The minimum atomic E-state index is -4.45. The summed E-state index contributed by atoms with van der Waals surface area (Å²) in [7, 11) is 1.55. The largest absolute Gasteiger partial charge is 0.443 e. The van der Waals surface area contributed by atoms with Gasteiger partial charge in [-0.15, -0.1) is 11.3 Å². The van der Waals surface area contributed by atoms with Crippen LogP contribution in [0.1, 0.15) is 35.6 Å². The maximum Gasteiger partial charge on any atom is 0.443 e. The van der Waals surface area contributed by atoms with Gasteiger partial charge >= 0.3 is 6.18 Å². The van der Waals surface area contributed by atoms with Crippen molar-refractivity contribution in [3.05, 3.63) is 16.1 Å². The molecule has 0 saturated heterocycles. The Balaban J connectivity index is 2.22. The van der Waals surface area contributed by atoms with Crippen LogP contribution in [0, 0.1) is 0 Å². The molecule has 2 atom stereocenters. The Morgan fingerprint density at radius 1 is 1.56 bits per heavy atom. The Kier molecular flexibility index (Phi) is 3.66. The van der Waals surface area contributed by atoms with E-state index in [2.05, 4.69) is 4.98 Å². The molecule has 1 N–H and O–H groups in total. The maximum absolute atomic E-state index is 12.5. The number of nitrogens with zero attached hydrogens (tertiary/aromatic N) is 1. The summed E-state index contributed by atoms with van der Waals surface area (Å²) in [5.41, 5.74) is -1.24. The summed E-state index contributed by atoms with van der Waals surface area (Å²) in [5, 5.41) is 9.53. The van der Waals surface area contributed by atoms with Gasteiger partial charge in [0.15, 0.2) is 5.01 Å². The fourth-order valence-electron chi connectivity index (χ4n) is 2.25. The number of methoxy groups -OCH3 is 1. The van der Waals surface area contributed by atoms with Crippen molar-refractivity contribution in [3.63, 3.8) is 0 Å². The minimum Gasteiger partial charge on any atom is -0.384 e. The first-order valence-corrected chi connectivity index (χ1v) is 6.45. The van der Waals surface area contributed by atoms with Crippen LogP contribution < -0.4 is 0 Å². The number of ether oxygens (including phenoxy) is 1. The molecule has 0 aliphatic heterocycles. The van der Waals surface area contributed by atoms with Gasteiger partial charge in [-0.1, -0.05) is 0 Å². The minimum absolute atomic E-state index is 0.111. The lowest BCUT2D eigenvalue weighted by Crippen LogP contribution is -2.35. The second-order valence-corrected chi connectivity index (χ2v) is 5.54. The zero-order valence-electron chi connectivity index (χ0n) is 9.83. The molecular weight excluding hydrogens is 267 g/mol. The Morgan fingerprint density at radius 2 is 2.28 bits per heavy atom. The van der Waals surface area contributed by atoms with E-state index in [1.54, 1.807) is 7.11 Å². The molecule has 1 fully saturated rings. The molecule has 18 heavy (non-hydrogen) atoms. The van der Waals surface area contributed by atoms with Gasteiger partial charge in [-0.05, 0) is 19.3 Å². The van der Waals surface area contributed by atoms with Crippen molar-refractivity contribution >= 4 is 11.3 Å². The lowest BCUT2D eigenvalue weighted by molar-refractivity contribution is -0.137. The molecule has 1 aliphatic rings. The molecule has 3 nitrogen and oxygen atoms in total. The molecule has 1 aromatic heterocycles. The Labute approximate surface area is 107 Å². The molecule has 0 amide bonds. The predicted octanol–water partition coefficient (Wildman–Crippen LogP) is 2.94. The normalized spacial score (nSPS) is 29.5. The standard InChI is InChI=1S/C11H14F3NO2S/c1-17-7-3-2-4-10(16,5-7)8-6-15-9(18-8)11(12,13)14/h6-7,16H,2-5H2,1H3. The van der Waals surface area contributed by atoms with Crippen molar-refractivity contribution in [1.82, 2.24) is 4.98 Å².